The van der Waals surface area contributed by atoms with Gasteiger partial charge in [-0.1, -0.05) is 34.8 Å². The van der Waals surface area contributed by atoms with E-state index in [9.17, 15) is 4.79 Å². The van der Waals surface area contributed by atoms with Crippen LogP contribution in [0.4, 0.5) is 0 Å². The third-order valence-corrected chi connectivity index (χ3v) is 2.67. The smallest absolute Gasteiger partial charge is 0.289 e. The molecule has 1 heterocycles. The van der Waals surface area contributed by atoms with Crippen LogP contribution in [0.5, 0.6) is 0 Å². The standard InChI is InChI=1S/C7H2Cl3NO2/c8-2-1-3(9)5(10)6-4(2)7(12)11-13-6/h1H,(H,11,12). The van der Waals surface area contributed by atoms with Gasteiger partial charge in [-0.2, -0.15) is 5.16 Å². The van der Waals surface area contributed by atoms with E-state index >= 15 is 0 Å². The van der Waals surface area contributed by atoms with E-state index in [1.165, 1.54) is 6.07 Å². The predicted molar refractivity (Wildman–Crippen MR) is 51.9 cm³/mol. The van der Waals surface area contributed by atoms with Gasteiger partial charge in [0.1, 0.15) is 10.4 Å². The Labute approximate surface area is 87.1 Å². The molecule has 3 nitrogen and oxygen atoms in total. The van der Waals surface area contributed by atoms with Crippen molar-refractivity contribution in [2.45, 2.75) is 0 Å². The monoisotopic (exact) mass is 237 g/mol. The van der Waals surface area contributed by atoms with Crippen molar-refractivity contribution < 1.29 is 4.52 Å². The van der Waals surface area contributed by atoms with Crippen LogP contribution in [0.3, 0.4) is 0 Å². The Morgan fingerprint density at radius 3 is 2.62 bits per heavy atom. The number of aromatic nitrogens is 1. The molecule has 0 spiro atoms. The number of fused-ring (bicyclic) bond motifs is 1. The number of hydrogen-bond acceptors (Lipinski definition) is 2. The molecular weight excluding hydrogens is 236 g/mol. The van der Waals surface area contributed by atoms with E-state index in [0.29, 0.717) is 0 Å². The average Bonchev–Trinajstić information content (AvgIpc) is 2.44. The average molecular weight is 238 g/mol. The Hall–Kier alpha value is -0.640. The summed E-state index contributed by atoms with van der Waals surface area (Å²) in [5.74, 6) is 0. The van der Waals surface area contributed by atoms with Crippen LogP contribution in [0.2, 0.25) is 15.1 Å². The number of halogens is 3. The Kier molecular flexibility index (Phi) is 2.02. The SMILES string of the molecule is O=c1[nH]oc2c(Cl)c(Cl)cc(Cl)c12. The minimum atomic E-state index is -0.418. The first-order valence-corrected chi connectivity index (χ1v) is 4.39. The van der Waals surface area contributed by atoms with E-state index < -0.39 is 5.56 Å². The molecule has 1 aromatic heterocycles. The summed E-state index contributed by atoms with van der Waals surface area (Å²) in [5.41, 5.74) is -0.234. The molecule has 68 valence electrons. The lowest BCUT2D eigenvalue weighted by Gasteiger charge is -1.95. The van der Waals surface area contributed by atoms with Crippen molar-refractivity contribution in [1.29, 1.82) is 0 Å². The largest absolute Gasteiger partial charge is 0.377 e. The summed E-state index contributed by atoms with van der Waals surface area (Å²) < 4.78 is 4.80. The summed E-state index contributed by atoms with van der Waals surface area (Å²) in [6, 6.07) is 1.40. The van der Waals surface area contributed by atoms with Gasteiger partial charge in [-0.05, 0) is 6.07 Å². The van der Waals surface area contributed by atoms with Gasteiger partial charge in [0.25, 0.3) is 5.56 Å². The van der Waals surface area contributed by atoms with Crippen molar-refractivity contribution in [2.75, 3.05) is 0 Å². The molecule has 1 aromatic carbocycles. The zero-order valence-electron chi connectivity index (χ0n) is 6.03. The summed E-state index contributed by atoms with van der Waals surface area (Å²) in [6.07, 6.45) is 0. The second-order valence-electron chi connectivity index (χ2n) is 2.39. The maximum Gasteiger partial charge on any atom is 0.289 e. The highest BCUT2D eigenvalue weighted by Gasteiger charge is 2.14. The van der Waals surface area contributed by atoms with Gasteiger partial charge >= 0.3 is 0 Å². The lowest BCUT2D eigenvalue weighted by atomic mass is 10.2. The van der Waals surface area contributed by atoms with E-state index in [4.69, 9.17) is 39.3 Å². The van der Waals surface area contributed by atoms with Crippen molar-refractivity contribution in [3.63, 3.8) is 0 Å². The molecule has 6 heteroatoms. The molecular formula is C7H2Cl3NO2. The minimum Gasteiger partial charge on any atom is -0.377 e. The van der Waals surface area contributed by atoms with E-state index in [2.05, 4.69) is 5.16 Å². The van der Waals surface area contributed by atoms with E-state index in [1.54, 1.807) is 0 Å². The molecule has 0 saturated carbocycles. The van der Waals surface area contributed by atoms with Crippen molar-refractivity contribution in [1.82, 2.24) is 5.16 Å². The predicted octanol–water partition coefficient (Wildman–Crippen LogP) is 3.08. The first-order valence-electron chi connectivity index (χ1n) is 3.26. The van der Waals surface area contributed by atoms with Crippen LogP contribution >= 0.6 is 34.8 Å². The van der Waals surface area contributed by atoms with Crippen molar-refractivity contribution in [2.24, 2.45) is 0 Å². The first kappa shape index (κ1) is 8.94. The topological polar surface area (TPSA) is 46.0 Å². The number of H-pyrrole nitrogens is 1. The van der Waals surface area contributed by atoms with Crippen LogP contribution in [0.1, 0.15) is 0 Å². The molecule has 0 bridgehead atoms. The zero-order chi connectivity index (χ0) is 9.59. The second-order valence-corrected chi connectivity index (χ2v) is 3.58. The molecule has 1 N–H and O–H groups in total. The van der Waals surface area contributed by atoms with Gasteiger partial charge in [-0.15, -0.1) is 0 Å². The normalized spacial score (nSPS) is 11.0. The van der Waals surface area contributed by atoms with Gasteiger partial charge in [0, 0.05) is 0 Å². The summed E-state index contributed by atoms with van der Waals surface area (Å²) in [6.45, 7) is 0. The summed E-state index contributed by atoms with van der Waals surface area (Å²) in [7, 11) is 0. The summed E-state index contributed by atoms with van der Waals surface area (Å²) in [5, 5.41) is 3.00. The third-order valence-electron chi connectivity index (χ3n) is 1.60. The minimum absolute atomic E-state index is 0.180. The fourth-order valence-electron chi connectivity index (χ4n) is 1.03. The molecule has 0 atom stereocenters. The first-order chi connectivity index (χ1) is 6.11. The lowest BCUT2D eigenvalue weighted by Crippen LogP contribution is -1.97. The Balaban J connectivity index is 3.08. The van der Waals surface area contributed by atoms with Crippen LogP contribution in [0.15, 0.2) is 15.4 Å². The molecule has 0 amide bonds. The van der Waals surface area contributed by atoms with Gasteiger partial charge in [0.05, 0.1) is 10.0 Å². The van der Waals surface area contributed by atoms with Gasteiger partial charge in [0.2, 0.25) is 0 Å². The maximum atomic E-state index is 11.1. The van der Waals surface area contributed by atoms with E-state index in [0.717, 1.165) is 0 Å². The van der Waals surface area contributed by atoms with E-state index in [-0.39, 0.29) is 26.0 Å². The Bertz CT molecular complexity index is 528. The molecule has 2 rings (SSSR count). The fraction of sp³-hybridized carbons (Fsp3) is 0. The quantitative estimate of drug-likeness (QED) is 0.717. The lowest BCUT2D eigenvalue weighted by molar-refractivity contribution is 0.449. The molecule has 0 aliphatic heterocycles. The number of nitrogens with one attached hydrogen (secondary N) is 1. The highest BCUT2D eigenvalue weighted by Crippen LogP contribution is 2.33. The Morgan fingerprint density at radius 1 is 1.23 bits per heavy atom. The number of aromatic amines is 1. The summed E-state index contributed by atoms with van der Waals surface area (Å²) >= 11 is 17.2. The van der Waals surface area contributed by atoms with Crippen LogP contribution in [-0.4, -0.2) is 5.16 Å². The molecule has 13 heavy (non-hydrogen) atoms. The molecule has 0 fully saturated rings. The van der Waals surface area contributed by atoms with Gasteiger partial charge in [-0.25, -0.2) is 0 Å². The maximum absolute atomic E-state index is 11.1. The Morgan fingerprint density at radius 2 is 1.92 bits per heavy atom. The zero-order valence-corrected chi connectivity index (χ0v) is 8.30. The molecule has 0 saturated heterocycles. The molecule has 0 aliphatic rings. The van der Waals surface area contributed by atoms with Gasteiger partial charge in [-0.3, -0.25) is 4.79 Å². The van der Waals surface area contributed by atoms with Gasteiger partial charge < -0.3 is 4.52 Å². The van der Waals surface area contributed by atoms with Crippen LogP contribution < -0.4 is 5.56 Å². The number of hydrogen-bond donors (Lipinski definition) is 1. The molecule has 0 aliphatic carbocycles. The third kappa shape index (κ3) is 1.24. The van der Waals surface area contributed by atoms with Crippen molar-refractivity contribution in [3.05, 3.63) is 31.5 Å². The van der Waals surface area contributed by atoms with Crippen LogP contribution in [0, 0.1) is 0 Å². The van der Waals surface area contributed by atoms with Crippen LogP contribution in [0.25, 0.3) is 11.0 Å². The van der Waals surface area contributed by atoms with E-state index in [1.807, 2.05) is 0 Å². The highest BCUT2D eigenvalue weighted by atomic mass is 35.5. The molecule has 2 aromatic rings. The second kappa shape index (κ2) is 2.94. The van der Waals surface area contributed by atoms with Crippen molar-refractivity contribution in [3.8, 4) is 0 Å². The highest BCUT2D eigenvalue weighted by molar-refractivity contribution is 6.47. The molecule has 0 radical (unpaired) electrons. The number of benzene rings is 1. The fourth-order valence-corrected chi connectivity index (χ4v) is 1.75. The molecule has 0 unspecified atom stereocenters. The van der Waals surface area contributed by atoms with Gasteiger partial charge in [0.15, 0.2) is 5.58 Å². The van der Waals surface area contributed by atoms with Crippen molar-refractivity contribution >= 4 is 45.8 Å². The summed E-state index contributed by atoms with van der Waals surface area (Å²) in [4.78, 5) is 11.1. The number of rotatable bonds is 0. The van der Waals surface area contributed by atoms with Crippen LogP contribution in [-0.2, 0) is 0 Å².